The van der Waals surface area contributed by atoms with Crippen LogP contribution in [0.5, 0.6) is 0 Å². The summed E-state index contributed by atoms with van der Waals surface area (Å²) in [7, 11) is 0. The minimum absolute atomic E-state index is 0.0320. The van der Waals surface area contributed by atoms with Crippen LogP contribution in [0.3, 0.4) is 0 Å². The maximum absolute atomic E-state index is 13.1. The summed E-state index contributed by atoms with van der Waals surface area (Å²) in [6, 6.07) is 5.64. The van der Waals surface area contributed by atoms with Crippen LogP contribution in [-0.2, 0) is 11.0 Å². The number of halogens is 3. The fraction of sp³-hybridized carbons (Fsp3) is 0.636. The van der Waals surface area contributed by atoms with Crippen LogP contribution in [0.25, 0.3) is 0 Å². The van der Waals surface area contributed by atoms with Gasteiger partial charge in [-0.2, -0.15) is 18.4 Å². The van der Waals surface area contributed by atoms with Gasteiger partial charge >= 0.3 is 6.18 Å². The maximum atomic E-state index is 13.1. The number of anilines is 1. The lowest BCUT2D eigenvalue weighted by Gasteiger charge is -2.37. The van der Waals surface area contributed by atoms with E-state index in [-0.39, 0.29) is 24.1 Å². The molecule has 3 rings (SSSR count). The van der Waals surface area contributed by atoms with E-state index in [1.165, 1.54) is 6.07 Å². The van der Waals surface area contributed by atoms with Crippen LogP contribution in [0.2, 0.25) is 0 Å². The molecular weight excluding hydrogens is 407 g/mol. The van der Waals surface area contributed by atoms with Crippen molar-refractivity contribution in [1.29, 1.82) is 5.26 Å². The van der Waals surface area contributed by atoms with Gasteiger partial charge in [-0.25, -0.2) is 0 Å². The van der Waals surface area contributed by atoms with Crippen LogP contribution in [0.1, 0.15) is 43.2 Å². The molecule has 1 saturated carbocycles. The number of benzene rings is 1. The van der Waals surface area contributed by atoms with Gasteiger partial charge in [0.15, 0.2) is 0 Å². The molecule has 0 bridgehead atoms. The van der Waals surface area contributed by atoms with Crippen molar-refractivity contribution in [2.24, 2.45) is 11.7 Å². The number of rotatable bonds is 6. The molecule has 0 radical (unpaired) electrons. The lowest BCUT2D eigenvalue weighted by atomic mass is 9.84. The summed E-state index contributed by atoms with van der Waals surface area (Å²) in [6.45, 7) is 3.88. The zero-order valence-electron chi connectivity index (χ0n) is 17.6. The highest BCUT2D eigenvalue weighted by Crippen LogP contribution is 2.33. The highest BCUT2D eigenvalue weighted by Gasteiger charge is 2.32. The topological polar surface area (TPSA) is 85.4 Å². The van der Waals surface area contributed by atoms with Crippen LogP contribution in [-0.4, -0.2) is 56.1 Å². The number of nitrogens with two attached hydrogens (primary N) is 1. The third kappa shape index (κ3) is 6.58. The SMILES string of the molecule is N#Cc1cc(N2CCN(CCC3CCC(NC(=O)CN)CC3)CC2)cc(C(F)(F)F)c1. The highest BCUT2D eigenvalue weighted by atomic mass is 19.4. The number of nitrogens with zero attached hydrogens (tertiary/aromatic N) is 3. The number of hydrogen-bond donors (Lipinski definition) is 2. The molecule has 1 saturated heterocycles. The van der Waals surface area contributed by atoms with Crippen LogP contribution in [0, 0.1) is 17.2 Å². The van der Waals surface area contributed by atoms with E-state index >= 15 is 0 Å². The highest BCUT2D eigenvalue weighted by molar-refractivity contribution is 5.78. The average Bonchev–Trinajstić information content (AvgIpc) is 2.78. The first-order valence-electron chi connectivity index (χ1n) is 10.9. The molecule has 1 aromatic rings. The summed E-state index contributed by atoms with van der Waals surface area (Å²) in [6.07, 6.45) is 0.796. The molecule has 3 N–H and O–H groups in total. The van der Waals surface area contributed by atoms with E-state index in [1.807, 2.05) is 11.0 Å². The molecule has 2 aliphatic rings. The molecule has 2 fully saturated rings. The lowest BCUT2D eigenvalue weighted by Crippen LogP contribution is -2.47. The van der Waals surface area contributed by atoms with E-state index < -0.39 is 11.7 Å². The molecule has 1 amide bonds. The Morgan fingerprint density at radius 3 is 2.39 bits per heavy atom. The molecule has 31 heavy (non-hydrogen) atoms. The Morgan fingerprint density at radius 1 is 1.13 bits per heavy atom. The van der Waals surface area contributed by atoms with Gasteiger partial charge in [-0.3, -0.25) is 9.69 Å². The van der Waals surface area contributed by atoms with Crippen molar-refractivity contribution in [3.63, 3.8) is 0 Å². The first-order valence-corrected chi connectivity index (χ1v) is 10.9. The van der Waals surface area contributed by atoms with Crippen LogP contribution in [0.4, 0.5) is 18.9 Å². The van der Waals surface area contributed by atoms with Gasteiger partial charge in [0.1, 0.15) is 0 Å². The molecule has 1 aliphatic carbocycles. The van der Waals surface area contributed by atoms with E-state index in [0.717, 1.165) is 63.9 Å². The molecule has 9 heteroatoms. The lowest BCUT2D eigenvalue weighted by molar-refractivity contribution is -0.137. The normalized spacial score (nSPS) is 22.7. The van der Waals surface area contributed by atoms with Gasteiger partial charge in [0.25, 0.3) is 0 Å². The smallest absolute Gasteiger partial charge is 0.369 e. The maximum Gasteiger partial charge on any atom is 0.416 e. The molecule has 0 atom stereocenters. The molecule has 170 valence electrons. The number of piperazine rings is 1. The zero-order valence-corrected chi connectivity index (χ0v) is 17.6. The Labute approximate surface area is 181 Å². The minimum atomic E-state index is -4.46. The van der Waals surface area contributed by atoms with Gasteiger partial charge in [-0.1, -0.05) is 0 Å². The number of amides is 1. The third-order valence-electron chi connectivity index (χ3n) is 6.36. The van der Waals surface area contributed by atoms with E-state index in [1.54, 1.807) is 0 Å². The van der Waals surface area contributed by atoms with Crippen molar-refractivity contribution >= 4 is 11.6 Å². The Bertz CT molecular complexity index is 791. The third-order valence-corrected chi connectivity index (χ3v) is 6.36. The molecule has 0 unspecified atom stereocenters. The van der Waals surface area contributed by atoms with Crippen molar-refractivity contribution in [3.8, 4) is 6.07 Å². The summed E-state index contributed by atoms with van der Waals surface area (Å²) in [5.41, 5.74) is 5.07. The second kappa shape index (κ2) is 10.3. The fourth-order valence-electron chi connectivity index (χ4n) is 4.50. The summed E-state index contributed by atoms with van der Waals surface area (Å²) in [4.78, 5) is 15.7. The Balaban J connectivity index is 1.45. The molecule has 0 aromatic heterocycles. The predicted octanol–water partition coefficient (Wildman–Crippen LogP) is 2.72. The molecule has 6 nitrogen and oxygen atoms in total. The van der Waals surface area contributed by atoms with Gasteiger partial charge in [-0.15, -0.1) is 0 Å². The number of nitriles is 1. The minimum Gasteiger partial charge on any atom is -0.369 e. The first kappa shape index (κ1) is 23.4. The summed E-state index contributed by atoms with van der Waals surface area (Å²) >= 11 is 0. The Kier molecular flexibility index (Phi) is 7.79. The Hall–Kier alpha value is -2.31. The molecule has 1 heterocycles. The van der Waals surface area contributed by atoms with Crippen LogP contribution < -0.4 is 16.0 Å². The van der Waals surface area contributed by atoms with Gasteiger partial charge in [-0.05, 0) is 62.8 Å². The summed E-state index contributed by atoms with van der Waals surface area (Å²) in [5.74, 6) is 0.551. The first-order chi connectivity index (χ1) is 14.8. The zero-order chi connectivity index (χ0) is 22.4. The van der Waals surface area contributed by atoms with Crippen molar-refractivity contribution in [3.05, 3.63) is 29.3 Å². The van der Waals surface area contributed by atoms with Crippen molar-refractivity contribution in [2.75, 3.05) is 44.2 Å². The second-order valence-electron chi connectivity index (χ2n) is 8.48. The standard InChI is InChI=1S/C22H30F3N5O/c23-22(24,25)18-11-17(14-26)12-20(13-18)30-9-7-29(8-10-30)6-5-16-1-3-19(4-2-16)28-21(31)15-27/h11-13,16,19H,1-10,15,27H2,(H,28,31). The number of carbonyl (C=O) groups is 1. The molecule has 1 aromatic carbocycles. The predicted molar refractivity (Wildman–Crippen MR) is 112 cm³/mol. The molecule has 0 spiro atoms. The van der Waals surface area contributed by atoms with Crippen LogP contribution in [0.15, 0.2) is 18.2 Å². The van der Waals surface area contributed by atoms with Gasteiger partial charge < -0.3 is 16.0 Å². The molecule has 1 aliphatic heterocycles. The van der Waals surface area contributed by atoms with Gasteiger partial charge in [0.2, 0.25) is 5.91 Å². The largest absolute Gasteiger partial charge is 0.416 e. The van der Waals surface area contributed by atoms with E-state index in [2.05, 4.69) is 10.2 Å². The Morgan fingerprint density at radius 2 is 1.81 bits per heavy atom. The summed E-state index contributed by atoms with van der Waals surface area (Å²) < 4.78 is 39.4. The average molecular weight is 438 g/mol. The monoisotopic (exact) mass is 437 g/mol. The van der Waals surface area contributed by atoms with Crippen molar-refractivity contribution in [1.82, 2.24) is 10.2 Å². The number of nitrogens with one attached hydrogen (secondary N) is 1. The van der Waals surface area contributed by atoms with Gasteiger partial charge in [0.05, 0.1) is 23.7 Å². The molecular formula is C22H30F3N5O. The fourth-order valence-corrected chi connectivity index (χ4v) is 4.50. The quantitative estimate of drug-likeness (QED) is 0.715. The number of alkyl halides is 3. The van der Waals surface area contributed by atoms with E-state index in [9.17, 15) is 18.0 Å². The van der Waals surface area contributed by atoms with Gasteiger partial charge in [0, 0.05) is 37.9 Å². The van der Waals surface area contributed by atoms with Crippen molar-refractivity contribution in [2.45, 2.75) is 44.3 Å². The summed E-state index contributed by atoms with van der Waals surface area (Å²) in [5, 5.41) is 12.1. The number of hydrogen-bond acceptors (Lipinski definition) is 5. The van der Waals surface area contributed by atoms with Crippen LogP contribution >= 0.6 is 0 Å². The second-order valence-corrected chi connectivity index (χ2v) is 8.48. The van der Waals surface area contributed by atoms with E-state index in [0.29, 0.717) is 24.7 Å². The van der Waals surface area contributed by atoms with Crippen molar-refractivity contribution < 1.29 is 18.0 Å². The van der Waals surface area contributed by atoms with E-state index in [4.69, 9.17) is 11.0 Å². The number of carbonyl (C=O) groups excluding carboxylic acids is 1.